The molecule has 1 aromatic rings. The van der Waals surface area contributed by atoms with Gasteiger partial charge in [0.1, 0.15) is 18.0 Å². The zero-order valence-corrected chi connectivity index (χ0v) is 11.5. The zero-order chi connectivity index (χ0) is 14.8. The Kier molecular flexibility index (Phi) is 3.94. The van der Waals surface area contributed by atoms with Crippen molar-refractivity contribution in [3.05, 3.63) is 29.8 Å². The summed E-state index contributed by atoms with van der Waals surface area (Å²) in [5.41, 5.74) is -0.0305. The molecule has 0 aliphatic carbocycles. The molecule has 0 bridgehead atoms. The molecule has 0 unspecified atom stereocenters. The van der Waals surface area contributed by atoms with Crippen molar-refractivity contribution in [2.75, 3.05) is 26.8 Å². The fraction of sp³-hybridized carbons (Fsp3) is 0.429. The third-order valence-electron chi connectivity index (χ3n) is 3.20. The minimum atomic E-state index is -1.01. The summed E-state index contributed by atoms with van der Waals surface area (Å²) in [5.74, 6) is -0.495. The third kappa shape index (κ3) is 3.08. The number of carboxylic acid groups (broad SMARTS) is 1. The van der Waals surface area contributed by atoms with Crippen molar-refractivity contribution in [3.8, 4) is 5.75 Å². The number of hydrogen-bond acceptors (Lipinski definition) is 4. The van der Waals surface area contributed by atoms with Gasteiger partial charge in [-0.25, -0.2) is 4.79 Å². The van der Waals surface area contributed by atoms with E-state index >= 15 is 0 Å². The van der Waals surface area contributed by atoms with Crippen LogP contribution in [0.4, 0.5) is 0 Å². The topological polar surface area (TPSA) is 76.1 Å². The Bertz CT molecular complexity index is 522. The third-order valence-corrected chi connectivity index (χ3v) is 3.20. The summed E-state index contributed by atoms with van der Waals surface area (Å²) < 4.78 is 10.4. The Morgan fingerprint density at radius 3 is 2.70 bits per heavy atom. The van der Waals surface area contributed by atoms with Crippen molar-refractivity contribution < 1.29 is 24.2 Å². The van der Waals surface area contributed by atoms with Crippen LogP contribution in [0, 0.1) is 0 Å². The van der Waals surface area contributed by atoms with Crippen LogP contribution in [0.15, 0.2) is 24.3 Å². The highest BCUT2D eigenvalue weighted by Crippen LogP contribution is 2.27. The number of hydrogen-bond donors (Lipinski definition) is 1. The van der Waals surface area contributed by atoms with Gasteiger partial charge in [0.15, 0.2) is 0 Å². The maximum Gasteiger partial charge on any atom is 0.329 e. The van der Waals surface area contributed by atoms with Gasteiger partial charge in [-0.2, -0.15) is 0 Å². The molecule has 1 aliphatic heterocycles. The number of aliphatic carboxylic acids is 1. The lowest BCUT2D eigenvalue weighted by Crippen LogP contribution is -2.63. The molecule has 2 rings (SSSR count). The molecule has 1 aliphatic rings. The molecule has 6 heteroatoms. The second-order valence-corrected chi connectivity index (χ2v) is 5.03. The van der Waals surface area contributed by atoms with Crippen LogP contribution in [0.5, 0.6) is 5.75 Å². The molecule has 0 aromatic heterocycles. The van der Waals surface area contributed by atoms with Crippen LogP contribution in [-0.2, 0) is 9.53 Å². The highest BCUT2D eigenvalue weighted by atomic mass is 16.5. The van der Waals surface area contributed by atoms with Gasteiger partial charge in [0.25, 0.3) is 5.91 Å². The van der Waals surface area contributed by atoms with E-state index in [2.05, 4.69) is 0 Å². The van der Waals surface area contributed by atoms with E-state index in [9.17, 15) is 9.59 Å². The minimum Gasteiger partial charge on any atom is -0.497 e. The number of rotatable bonds is 5. The summed E-state index contributed by atoms with van der Waals surface area (Å²) >= 11 is 0. The van der Waals surface area contributed by atoms with Gasteiger partial charge in [0.2, 0.25) is 0 Å². The Labute approximate surface area is 116 Å². The number of carbonyl (C=O) groups excluding carboxylic acids is 1. The first-order valence-corrected chi connectivity index (χ1v) is 6.23. The Balaban J connectivity index is 1.94. The molecule has 20 heavy (non-hydrogen) atoms. The number of carboxylic acids is 1. The summed E-state index contributed by atoms with van der Waals surface area (Å²) in [6.07, 6.45) is 0. The highest BCUT2D eigenvalue weighted by Gasteiger charge is 2.42. The van der Waals surface area contributed by atoms with Crippen LogP contribution < -0.4 is 4.74 Å². The average Bonchev–Trinajstić information content (AvgIpc) is 2.41. The van der Waals surface area contributed by atoms with Crippen molar-refractivity contribution >= 4 is 11.9 Å². The van der Waals surface area contributed by atoms with Gasteiger partial charge in [0.05, 0.1) is 20.2 Å². The summed E-state index contributed by atoms with van der Waals surface area (Å²) in [6, 6.07) is 6.92. The van der Waals surface area contributed by atoms with E-state index in [1.54, 1.807) is 43.2 Å². The molecule has 108 valence electrons. The second-order valence-electron chi connectivity index (χ2n) is 5.03. The minimum absolute atomic E-state index is 0.111. The fourth-order valence-electron chi connectivity index (χ4n) is 2.17. The van der Waals surface area contributed by atoms with Crippen LogP contribution in [0.3, 0.4) is 0 Å². The molecule has 0 atom stereocenters. The lowest BCUT2D eigenvalue weighted by atomic mass is 9.95. The molecular formula is C14H17NO5. The van der Waals surface area contributed by atoms with Crippen molar-refractivity contribution in [2.45, 2.75) is 12.5 Å². The largest absolute Gasteiger partial charge is 0.497 e. The van der Waals surface area contributed by atoms with Crippen molar-refractivity contribution in [1.82, 2.24) is 4.90 Å². The number of nitrogens with zero attached hydrogens (tertiary/aromatic N) is 1. The lowest BCUT2D eigenvalue weighted by molar-refractivity contribution is -0.159. The van der Waals surface area contributed by atoms with Crippen molar-refractivity contribution in [1.29, 1.82) is 0 Å². The van der Waals surface area contributed by atoms with E-state index in [1.165, 1.54) is 0 Å². The molecule has 1 saturated heterocycles. The van der Waals surface area contributed by atoms with Crippen LogP contribution in [0.1, 0.15) is 17.3 Å². The number of carbonyl (C=O) groups is 2. The smallest absolute Gasteiger partial charge is 0.329 e. The Morgan fingerprint density at radius 1 is 1.40 bits per heavy atom. The molecule has 1 amide bonds. The van der Waals surface area contributed by atoms with Gasteiger partial charge >= 0.3 is 5.97 Å². The lowest BCUT2D eigenvalue weighted by Gasteiger charge is -2.47. The molecule has 1 heterocycles. The van der Waals surface area contributed by atoms with Crippen molar-refractivity contribution in [3.63, 3.8) is 0 Å². The van der Waals surface area contributed by atoms with E-state index in [4.69, 9.17) is 14.6 Å². The molecule has 1 fully saturated rings. The van der Waals surface area contributed by atoms with Gasteiger partial charge in [-0.05, 0) is 25.1 Å². The number of ether oxygens (including phenoxy) is 2. The van der Waals surface area contributed by atoms with Gasteiger partial charge in [-0.3, -0.25) is 4.79 Å². The number of amides is 1. The Morgan fingerprint density at radius 2 is 2.10 bits per heavy atom. The van der Waals surface area contributed by atoms with E-state index < -0.39 is 11.6 Å². The van der Waals surface area contributed by atoms with E-state index in [0.717, 1.165) is 0 Å². The summed E-state index contributed by atoms with van der Waals surface area (Å²) in [6.45, 7) is 2.22. The van der Waals surface area contributed by atoms with Crippen LogP contribution in [0.2, 0.25) is 0 Å². The fourth-order valence-corrected chi connectivity index (χ4v) is 2.17. The van der Waals surface area contributed by atoms with Gasteiger partial charge in [0, 0.05) is 5.56 Å². The number of benzene rings is 1. The number of likely N-dealkylation sites (tertiary alicyclic amines) is 1. The SMILES string of the molecule is COc1cccc(C(=O)N2CC(C)(OCC(=O)O)C2)c1. The monoisotopic (exact) mass is 279 g/mol. The van der Waals surface area contributed by atoms with Crippen LogP contribution >= 0.6 is 0 Å². The molecule has 0 spiro atoms. The summed E-state index contributed by atoms with van der Waals surface area (Å²) in [4.78, 5) is 24.3. The van der Waals surface area contributed by atoms with Crippen LogP contribution in [-0.4, -0.2) is 54.3 Å². The normalized spacial score (nSPS) is 16.4. The van der Waals surface area contributed by atoms with E-state index in [1.807, 2.05) is 0 Å². The Hall–Kier alpha value is -2.08. The zero-order valence-electron chi connectivity index (χ0n) is 11.5. The maximum atomic E-state index is 12.2. The molecular weight excluding hydrogens is 262 g/mol. The second kappa shape index (κ2) is 5.50. The summed E-state index contributed by atoms with van der Waals surface area (Å²) in [5, 5.41) is 8.59. The predicted molar refractivity (Wildman–Crippen MR) is 70.9 cm³/mol. The summed E-state index contributed by atoms with van der Waals surface area (Å²) in [7, 11) is 1.55. The molecule has 1 aromatic carbocycles. The van der Waals surface area contributed by atoms with Crippen LogP contribution in [0.25, 0.3) is 0 Å². The van der Waals surface area contributed by atoms with Gasteiger partial charge in [-0.15, -0.1) is 0 Å². The van der Waals surface area contributed by atoms with Gasteiger partial charge in [-0.1, -0.05) is 6.07 Å². The first-order valence-electron chi connectivity index (χ1n) is 6.23. The standard InChI is InChI=1S/C14H17NO5/c1-14(20-7-12(16)17)8-15(9-14)13(18)10-4-3-5-11(6-10)19-2/h3-6H,7-9H2,1-2H3,(H,16,17). The van der Waals surface area contributed by atoms with E-state index in [-0.39, 0.29) is 12.5 Å². The first-order chi connectivity index (χ1) is 9.43. The predicted octanol–water partition coefficient (Wildman–Crippen LogP) is 1.01. The maximum absolute atomic E-state index is 12.2. The van der Waals surface area contributed by atoms with Crippen molar-refractivity contribution in [2.24, 2.45) is 0 Å². The number of methoxy groups -OCH3 is 1. The molecule has 0 saturated carbocycles. The molecule has 0 radical (unpaired) electrons. The first kappa shape index (κ1) is 14.3. The highest BCUT2D eigenvalue weighted by molar-refractivity contribution is 5.95. The van der Waals surface area contributed by atoms with Gasteiger partial charge < -0.3 is 19.5 Å². The quantitative estimate of drug-likeness (QED) is 0.870. The van der Waals surface area contributed by atoms with E-state index in [0.29, 0.717) is 24.4 Å². The molecule has 6 nitrogen and oxygen atoms in total. The molecule has 1 N–H and O–H groups in total. The average molecular weight is 279 g/mol.